The van der Waals surface area contributed by atoms with Gasteiger partial charge in [-0.2, -0.15) is 0 Å². The predicted molar refractivity (Wildman–Crippen MR) is 106 cm³/mol. The standard InChI is InChI=1S/C20H29N5O2/c1-15(2)20-17(6-4-10-27-20)24-18-11-19(23-14-22-18)25(8-9-26)13-16-5-3-7-21-12-16/h3,5,7,11-12,14-15,17,20,26H,4,6,8-10,13H2,1-2H3,(H,22,23,24)/t17-,20-/m0/s1. The lowest BCUT2D eigenvalue weighted by molar-refractivity contribution is -0.0203. The van der Waals surface area contributed by atoms with Crippen LogP contribution in [-0.4, -0.2) is 52.0 Å². The SMILES string of the molecule is CC(C)[C@@H]1OCCC[C@@H]1Nc1cc(N(CCO)Cc2cccnc2)ncn1. The van der Waals surface area contributed by atoms with Gasteiger partial charge in [-0.25, -0.2) is 9.97 Å². The lowest BCUT2D eigenvalue weighted by atomic mass is 9.94. The van der Waals surface area contributed by atoms with Gasteiger partial charge in [0.1, 0.15) is 18.0 Å². The van der Waals surface area contributed by atoms with Crippen LogP contribution in [0.5, 0.6) is 0 Å². The summed E-state index contributed by atoms with van der Waals surface area (Å²) < 4.78 is 5.96. The van der Waals surface area contributed by atoms with E-state index in [9.17, 15) is 5.11 Å². The van der Waals surface area contributed by atoms with E-state index in [1.165, 1.54) is 0 Å². The van der Waals surface area contributed by atoms with E-state index < -0.39 is 0 Å². The molecule has 1 aliphatic heterocycles. The fraction of sp³-hybridized carbons (Fsp3) is 0.550. The van der Waals surface area contributed by atoms with Gasteiger partial charge in [-0.3, -0.25) is 4.98 Å². The normalized spacial score (nSPS) is 19.9. The minimum atomic E-state index is 0.0545. The monoisotopic (exact) mass is 371 g/mol. The minimum Gasteiger partial charge on any atom is -0.395 e. The Morgan fingerprint density at radius 3 is 3.00 bits per heavy atom. The molecule has 3 heterocycles. The zero-order valence-electron chi connectivity index (χ0n) is 16.1. The van der Waals surface area contributed by atoms with E-state index in [4.69, 9.17) is 4.74 Å². The number of aliphatic hydroxyl groups excluding tert-OH is 1. The van der Waals surface area contributed by atoms with E-state index in [1.54, 1.807) is 12.5 Å². The molecule has 2 N–H and O–H groups in total. The number of ether oxygens (including phenoxy) is 1. The van der Waals surface area contributed by atoms with Crippen molar-refractivity contribution in [2.45, 2.75) is 45.4 Å². The molecule has 2 aromatic rings. The minimum absolute atomic E-state index is 0.0545. The summed E-state index contributed by atoms with van der Waals surface area (Å²) in [6.07, 6.45) is 7.45. The molecule has 0 saturated carbocycles. The lowest BCUT2D eigenvalue weighted by Gasteiger charge is -2.35. The van der Waals surface area contributed by atoms with Gasteiger partial charge in [0.25, 0.3) is 0 Å². The van der Waals surface area contributed by atoms with Crippen LogP contribution < -0.4 is 10.2 Å². The Morgan fingerprint density at radius 2 is 2.26 bits per heavy atom. The molecular weight excluding hydrogens is 342 g/mol. The molecule has 3 rings (SSSR count). The smallest absolute Gasteiger partial charge is 0.134 e. The van der Waals surface area contributed by atoms with Crippen molar-refractivity contribution >= 4 is 11.6 Å². The zero-order valence-corrected chi connectivity index (χ0v) is 16.1. The van der Waals surface area contributed by atoms with E-state index in [2.05, 4.69) is 34.1 Å². The summed E-state index contributed by atoms with van der Waals surface area (Å²) >= 11 is 0. The Kier molecular flexibility index (Phi) is 6.95. The van der Waals surface area contributed by atoms with Crippen LogP contribution >= 0.6 is 0 Å². The highest BCUT2D eigenvalue weighted by Crippen LogP contribution is 2.24. The molecule has 7 nitrogen and oxygen atoms in total. The molecule has 1 aliphatic rings. The van der Waals surface area contributed by atoms with E-state index in [0.29, 0.717) is 19.0 Å². The van der Waals surface area contributed by atoms with Gasteiger partial charge in [-0.05, 0) is 30.4 Å². The van der Waals surface area contributed by atoms with Gasteiger partial charge < -0.3 is 20.1 Å². The fourth-order valence-electron chi connectivity index (χ4n) is 3.51. The maximum Gasteiger partial charge on any atom is 0.134 e. The third-order valence-corrected chi connectivity index (χ3v) is 4.80. The number of nitrogens with zero attached hydrogens (tertiary/aromatic N) is 4. The second kappa shape index (κ2) is 9.62. The first-order valence-electron chi connectivity index (χ1n) is 9.62. The Bertz CT molecular complexity index is 698. The van der Waals surface area contributed by atoms with Crippen LogP contribution in [0.15, 0.2) is 36.9 Å². The molecule has 7 heteroatoms. The number of nitrogens with one attached hydrogen (secondary N) is 1. The largest absolute Gasteiger partial charge is 0.395 e. The molecular formula is C20H29N5O2. The van der Waals surface area contributed by atoms with Crippen LogP contribution in [0, 0.1) is 5.92 Å². The summed E-state index contributed by atoms with van der Waals surface area (Å²) in [5.74, 6) is 2.01. The molecule has 1 fully saturated rings. The Balaban J connectivity index is 1.74. The van der Waals surface area contributed by atoms with E-state index in [1.807, 2.05) is 29.3 Å². The highest BCUT2D eigenvalue weighted by Gasteiger charge is 2.28. The molecule has 146 valence electrons. The van der Waals surface area contributed by atoms with E-state index in [0.717, 1.165) is 36.6 Å². The van der Waals surface area contributed by atoms with Gasteiger partial charge in [0.2, 0.25) is 0 Å². The second-order valence-electron chi connectivity index (χ2n) is 7.24. The Labute approximate surface area is 160 Å². The summed E-state index contributed by atoms with van der Waals surface area (Å²) in [6, 6.07) is 6.11. The van der Waals surface area contributed by atoms with Gasteiger partial charge in [0.05, 0.1) is 18.8 Å². The molecule has 0 radical (unpaired) electrons. The van der Waals surface area contributed by atoms with Gasteiger partial charge in [0, 0.05) is 38.2 Å². The number of hydrogen-bond donors (Lipinski definition) is 2. The molecule has 2 atom stereocenters. The first-order chi connectivity index (χ1) is 13.2. The van der Waals surface area contributed by atoms with Gasteiger partial charge >= 0.3 is 0 Å². The van der Waals surface area contributed by atoms with Crippen LogP contribution in [0.3, 0.4) is 0 Å². The third kappa shape index (κ3) is 5.37. The van der Waals surface area contributed by atoms with Crippen molar-refractivity contribution in [3.8, 4) is 0 Å². The molecule has 2 aromatic heterocycles. The molecule has 27 heavy (non-hydrogen) atoms. The average molecular weight is 371 g/mol. The number of pyridine rings is 1. The number of aliphatic hydroxyl groups is 1. The highest BCUT2D eigenvalue weighted by molar-refractivity contribution is 5.49. The Hall–Kier alpha value is -2.25. The lowest BCUT2D eigenvalue weighted by Crippen LogP contribution is -2.43. The van der Waals surface area contributed by atoms with Crippen LogP contribution in [0.4, 0.5) is 11.6 Å². The first kappa shape index (κ1) is 19.5. The molecule has 0 aliphatic carbocycles. The molecule has 1 saturated heterocycles. The highest BCUT2D eigenvalue weighted by atomic mass is 16.5. The Morgan fingerprint density at radius 1 is 1.37 bits per heavy atom. The molecule has 0 amide bonds. The summed E-state index contributed by atoms with van der Waals surface area (Å²) in [5.41, 5.74) is 1.07. The average Bonchev–Trinajstić information content (AvgIpc) is 2.69. The van der Waals surface area contributed by atoms with Crippen LogP contribution in [0.25, 0.3) is 0 Å². The molecule has 0 aromatic carbocycles. The van der Waals surface area contributed by atoms with Crippen molar-refractivity contribution in [3.63, 3.8) is 0 Å². The van der Waals surface area contributed by atoms with Gasteiger partial charge in [-0.15, -0.1) is 0 Å². The van der Waals surface area contributed by atoms with E-state index >= 15 is 0 Å². The number of aromatic nitrogens is 3. The van der Waals surface area contributed by atoms with Crippen molar-refractivity contribution < 1.29 is 9.84 Å². The number of rotatable bonds is 8. The van der Waals surface area contributed by atoms with E-state index in [-0.39, 0.29) is 18.8 Å². The first-order valence-corrected chi connectivity index (χ1v) is 9.62. The zero-order chi connectivity index (χ0) is 19.1. The van der Waals surface area contributed by atoms with Crippen molar-refractivity contribution in [1.82, 2.24) is 15.0 Å². The maximum absolute atomic E-state index is 9.47. The van der Waals surface area contributed by atoms with Gasteiger partial charge in [-0.1, -0.05) is 19.9 Å². The predicted octanol–water partition coefficient (Wildman–Crippen LogP) is 2.49. The summed E-state index contributed by atoms with van der Waals surface area (Å²) in [7, 11) is 0. The summed E-state index contributed by atoms with van der Waals surface area (Å²) in [6.45, 7) is 6.38. The second-order valence-corrected chi connectivity index (χ2v) is 7.24. The topological polar surface area (TPSA) is 83.4 Å². The van der Waals surface area contributed by atoms with Gasteiger partial charge in [0.15, 0.2) is 0 Å². The third-order valence-electron chi connectivity index (χ3n) is 4.80. The maximum atomic E-state index is 9.47. The van der Waals surface area contributed by atoms with Crippen molar-refractivity contribution in [3.05, 3.63) is 42.5 Å². The van der Waals surface area contributed by atoms with Crippen molar-refractivity contribution in [2.24, 2.45) is 5.92 Å². The fourth-order valence-corrected chi connectivity index (χ4v) is 3.51. The molecule has 0 bridgehead atoms. The molecule has 0 unspecified atom stereocenters. The van der Waals surface area contributed by atoms with Crippen molar-refractivity contribution in [1.29, 1.82) is 0 Å². The molecule has 0 spiro atoms. The summed E-state index contributed by atoms with van der Waals surface area (Å²) in [4.78, 5) is 15.0. The van der Waals surface area contributed by atoms with Crippen LogP contribution in [0.1, 0.15) is 32.3 Å². The van der Waals surface area contributed by atoms with Crippen molar-refractivity contribution in [2.75, 3.05) is 30.0 Å². The number of anilines is 2. The van der Waals surface area contributed by atoms with Crippen LogP contribution in [0.2, 0.25) is 0 Å². The van der Waals surface area contributed by atoms with Crippen LogP contribution in [-0.2, 0) is 11.3 Å². The summed E-state index contributed by atoms with van der Waals surface area (Å²) in [5, 5.41) is 13.0. The number of hydrogen-bond acceptors (Lipinski definition) is 7. The quantitative estimate of drug-likeness (QED) is 0.737.